The topological polar surface area (TPSA) is 29.1 Å². The molecule has 0 aliphatic carbocycles. The van der Waals surface area contributed by atoms with Gasteiger partial charge in [0.2, 0.25) is 5.91 Å². The fourth-order valence-corrected chi connectivity index (χ4v) is 1.32. The van der Waals surface area contributed by atoms with E-state index >= 15 is 0 Å². The van der Waals surface area contributed by atoms with Crippen molar-refractivity contribution < 1.29 is 4.79 Å². The van der Waals surface area contributed by atoms with Gasteiger partial charge in [-0.3, -0.25) is 4.79 Å². The van der Waals surface area contributed by atoms with Crippen molar-refractivity contribution in [2.24, 2.45) is 0 Å². The van der Waals surface area contributed by atoms with E-state index in [1.54, 1.807) is 0 Å². The van der Waals surface area contributed by atoms with E-state index in [4.69, 9.17) is 11.6 Å². The summed E-state index contributed by atoms with van der Waals surface area (Å²) in [5, 5.41) is 2.69. The van der Waals surface area contributed by atoms with Crippen LogP contribution in [0.3, 0.4) is 0 Å². The zero-order chi connectivity index (χ0) is 11.8. The van der Waals surface area contributed by atoms with Crippen LogP contribution in [-0.4, -0.2) is 12.5 Å². The summed E-state index contributed by atoms with van der Waals surface area (Å²) < 4.78 is 0. The first-order valence-corrected chi connectivity index (χ1v) is 5.64. The summed E-state index contributed by atoms with van der Waals surface area (Å²) in [6.45, 7) is 2.10. The molecule has 3 heteroatoms. The molecular weight excluding hydrogens is 222 g/mol. The first-order chi connectivity index (χ1) is 7.72. The van der Waals surface area contributed by atoms with Crippen LogP contribution >= 0.6 is 11.6 Å². The van der Waals surface area contributed by atoms with Gasteiger partial charge in [0.1, 0.15) is 0 Å². The van der Waals surface area contributed by atoms with Crippen molar-refractivity contribution in [2.45, 2.75) is 19.2 Å². The Kier molecular flexibility index (Phi) is 5.45. The van der Waals surface area contributed by atoms with Crippen molar-refractivity contribution in [3.63, 3.8) is 0 Å². The van der Waals surface area contributed by atoms with E-state index in [9.17, 15) is 4.79 Å². The molecule has 0 aliphatic rings. The SMILES string of the molecule is CC(=O)NCCC#Cc1ccc(CCl)cc1. The predicted octanol–water partition coefficient (Wildman–Crippen LogP) is 2.30. The standard InChI is InChI=1S/C13H14ClNO/c1-11(16)15-9-3-2-4-12-5-7-13(10-14)8-6-12/h5-8H,3,9-10H2,1H3,(H,15,16). The number of alkyl halides is 1. The Hall–Kier alpha value is -1.46. The van der Waals surface area contributed by atoms with E-state index in [1.807, 2.05) is 24.3 Å². The molecular formula is C13H14ClNO. The van der Waals surface area contributed by atoms with Gasteiger partial charge >= 0.3 is 0 Å². The summed E-state index contributed by atoms with van der Waals surface area (Å²) in [7, 11) is 0. The van der Waals surface area contributed by atoms with Crippen molar-refractivity contribution in [3.05, 3.63) is 35.4 Å². The van der Waals surface area contributed by atoms with E-state index < -0.39 is 0 Å². The number of carbonyl (C=O) groups excluding carboxylic acids is 1. The van der Waals surface area contributed by atoms with Gasteiger partial charge in [0, 0.05) is 31.3 Å². The number of amides is 1. The number of carbonyl (C=O) groups is 1. The van der Waals surface area contributed by atoms with Crippen molar-refractivity contribution in [1.82, 2.24) is 5.32 Å². The second-order valence-corrected chi connectivity index (χ2v) is 3.63. The highest BCUT2D eigenvalue weighted by molar-refractivity contribution is 6.17. The average Bonchev–Trinajstić information content (AvgIpc) is 2.29. The van der Waals surface area contributed by atoms with Crippen molar-refractivity contribution in [2.75, 3.05) is 6.54 Å². The van der Waals surface area contributed by atoms with Crippen LogP contribution < -0.4 is 5.32 Å². The summed E-state index contributed by atoms with van der Waals surface area (Å²) in [5.74, 6) is 6.53. The summed E-state index contributed by atoms with van der Waals surface area (Å²) in [4.78, 5) is 10.6. The zero-order valence-electron chi connectivity index (χ0n) is 9.22. The minimum atomic E-state index is -0.0201. The highest BCUT2D eigenvalue weighted by atomic mass is 35.5. The summed E-state index contributed by atoms with van der Waals surface area (Å²) in [6.07, 6.45) is 0.664. The Morgan fingerprint density at radius 3 is 2.62 bits per heavy atom. The van der Waals surface area contributed by atoms with Crippen molar-refractivity contribution >= 4 is 17.5 Å². The molecule has 1 amide bonds. The molecule has 0 atom stereocenters. The van der Waals surface area contributed by atoms with Crippen LogP contribution in [0.25, 0.3) is 0 Å². The van der Waals surface area contributed by atoms with Gasteiger partial charge in [-0.2, -0.15) is 0 Å². The lowest BCUT2D eigenvalue weighted by Crippen LogP contribution is -2.20. The Morgan fingerprint density at radius 2 is 2.06 bits per heavy atom. The third-order valence-electron chi connectivity index (χ3n) is 1.96. The maximum Gasteiger partial charge on any atom is 0.216 e. The molecule has 16 heavy (non-hydrogen) atoms. The Labute approximate surface area is 101 Å². The number of hydrogen-bond acceptors (Lipinski definition) is 1. The maximum absolute atomic E-state index is 10.6. The van der Waals surface area contributed by atoms with Gasteiger partial charge in [-0.1, -0.05) is 24.0 Å². The van der Waals surface area contributed by atoms with Crippen LogP contribution in [0, 0.1) is 11.8 Å². The fourth-order valence-electron chi connectivity index (χ4n) is 1.14. The number of nitrogens with one attached hydrogen (secondary N) is 1. The molecule has 0 radical (unpaired) electrons. The molecule has 0 saturated carbocycles. The third-order valence-corrected chi connectivity index (χ3v) is 2.27. The molecule has 1 aromatic rings. The van der Waals surface area contributed by atoms with Crippen molar-refractivity contribution in [1.29, 1.82) is 0 Å². The van der Waals surface area contributed by atoms with Gasteiger partial charge in [0.15, 0.2) is 0 Å². The number of halogens is 1. The second-order valence-electron chi connectivity index (χ2n) is 3.37. The quantitative estimate of drug-likeness (QED) is 0.486. The van der Waals surface area contributed by atoms with Gasteiger partial charge < -0.3 is 5.32 Å². The monoisotopic (exact) mass is 235 g/mol. The van der Waals surface area contributed by atoms with Crippen LogP contribution in [0.5, 0.6) is 0 Å². The average molecular weight is 236 g/mol. The van der Waals surface area contributed by atoms with Gasteiger partial charge in [-0.05, 0) is 17.7 Å². The van der Waals surface area contributed by atoms with E-state index in [-0.39, 0.29) is 5.91 Å². The Balaban J connectivity index is 2.41. The third kappa shape index (κ3) is 4.86. The maximum atomic E-state index is 10.6. The largest absolute Gasteiger partial charge is 0.355 e. The minimum absolute atomic E-state index is 0.0201. The first kappa shape index (κ1) is 12.6. The molecule has 1 N–H and O–H groups in total. The normalized spacial score (nSPS) is 9.12. The Morgan fingerprint density at radius 1 is 1.38 bits per heavy atom. The highest BCUT2D eigenvalue weighted by Crippen LogP contribution is 2.05. The number of rotatable bonds is 3. The molecule has 1 aromatic carbocycles. The first-order valence-electron chi connectivity index (χ1n) is 5.10. The van der Waals surface area contributed by atoms with Gasteiger partial charge in [0.25, 0.3) is 0 Å². The molecule has 0 spiro atoms. The molecule has 0 bridgehead atoms. The van der Waals surface area contributed by atoms with Crippen LogP contribution in [0.1, 0.15) is 24.5 Å². The summed E-state index contributed by atoms with van der Waals surface area (Å²) >= 11 is 5.68. The van der Waals surface area contributed by atoms with Crippen LogP contribution in [0.15, 0.2) is 24.3 Å². The molecule has 0 fully saturated rings. The zero-order valence-corrected chi connectivity index (χ0v) is 9.97. The molecule has 2 nitrogen and oxygen atoms in total. The predicted molar refractivity (Wildman–Crippen MR) is 66.2 cm³/mol. The van der Waals surface area contributed by atoms with Crippen molar-refractivity contribution in [3.8, 4) is 11.8 Å². The van der Waals surface area contributed by atoms with E-state index in [2.05, 4.69) is 17.2 Å². The molecule has 0 unspecified atom stereocenters. The smallest absolute Gasteiger partial charge is 0.216 e. The Bertz CT molecular complexity index is 400. The van der Waals surface area contributed by atoms with Gasteiger partial charge in [-0.15, -0.1) is 11.6 Å². The second kappa shape index (κ2) is 6.92. The molecule has 0 saturated heterocycles. The molecule has 0 heterocycles. The summed E-state index contributed by atoms with van der Waals surface area (Å²) in [5.41, 5.74) is 2.06. The van der Waals surface area contributed by atoms with Gasteiger partial charge in [-0.25, -0.2) is 0 Å². The van der Waals surface area contributed by atoms with Crippen LogP contribution in [0.2, 0.25) is 0 Å². The van der Waals surface area contributed by atoms with Crippen LogP contribution in [-0.2, 0) is 10.7 Å². The summed E-state index contributed by atoms with van der Waals surface area (Å²) in [6, 6.07) is 7.82. The molecule has 0 aromatic heterocycles. The lowest BCUT2D eigenvalue weighted by atomic mass is 10.1. The lowest BCUT2D eigenvalue weighted by molar-refractivity contribution is -0.118. The van der Waals surface area contributed by atoms with E-state index in [1.165, 1.54) is 6.92 Å². The number of hydrogen-bond donors (Lipinski definition) is 1. The van der Waals surface area contributed by atoms with E-state index in [0.29, 0.717) is 18.8 Å². The molecule has 0 aliphatic heterocycles. The number of benzene rings is 1. The molecule has 1 rings (SSSR count). The fraction of sp³-hybridized carbons (Fsp3) is 0.308. The van der Waals surface area contributed by atoms with Crippen LogP contribution in [0.4, 0.5) is 0 Å². The minimum Gasteiger partial charge on any atom is -0.355 e. The van der Waals surface area contributed by atoms with E-state index in [0.717, 1.165) is 11.1 Å². The lowest BCUT2D eigenvalue weighted by Gasteiger charge is -1.95. The highest BCUT2D eigenvalue weighted by Gasteiger charge is 1.90. The molecule has 84 valence electrons. The van der Waals surface area contributed by atoms with Gasteiger partial charge in [0.05, 0.1) is 0 Å².